The predicted octanol–water partition coefficient (Wildman–Crippen LogP) is 1.96. The predicted molar refractivity (Wildman–Crippen MR) is 86.0 cm³/mol. The van der Waals surface area contributed by atoms with Gasteiger partial charge in [-0.3, -0.25) is 4.57 Å². The van der Waals surface area contributed by atoms with Crippen molar-refractivity contribution in [3.05, 3.63) is 34.7 Å². The zero-order valence-corrected chi connectivity index (χ0v) is 12.6. The van der Waals surface area contributed by atoms with Crippen molar-refractivity contribution in [2.45, 2.75) is 44.7 Å². The number of fused-ring (bicyclic) bond motifs is 1. The van der Waals surface area contributed by atoms with Gasteiger partial charge in [-0.05, 0) is 25.0 Å². The smallest absolute Gasteiger partial charge is 0.326 e. The van der Waals surface area contributed by atoms with Gasteiger partial charge < -0.3 is 15.6 Å². The van der Waals surface area contributed by atoms with Crippen LogP contribution in [0.25, 0.3) is 11.0 Å². The van der Waals surface area contributed by atoms with E-state index in [1.807, 2.05) is 24.3 Å². The van der Waals surface area contributed by atoms with Crippen molar-refractivity contribution < 1.29 is 4.79 Å². The van der Waals surface area contributed by atoms with Gasteiger partial charge in [-0.15, -0.1) is 0 Å². The minimum absolute atomic E-state index is 0.139. The van der Waals surface area contributed by atoms with Crippen molar-refractivity contribution in [2.24, 2.45) is 0 Å². The number of aromatic nitrogens is 2. The van der Waals surface area contributed by atoms with Crippen LogP contribution in [0.2, 0.25) is 0 Å². The molecule has 0 radical (unpaired) electrons. The molecule has 22 heavy (non-hydrogen) atoms. The number of rotatable bonds is 4. The third-order valence-corrected chi connectivity index (χ3v) is 4.24. The third-order valence-electron chi connectivity index (χ3n) is 4.24. The minimum Gasteiger partial charge on any atom is -0.336 e. The Morgan fingerprint density at radius 1 is 1.23 bits per heavy atom. The molecule has 3 rings (SSSR count). The van der Waals surface area contributed by atoms with E-state index in [4.69, 9.17) is 0 Å². The van der Waals surface area contributed by atoms with Gasteiger partial charge in [0.05, 0.1) is 11.0 Å². The molecule has 1 fully saturated rings. The zero-order valence-electron chi connectivity index (χ0n) is 12.6. The number of H-pyrrole nitrogens is 1. The molecule has 6 nitrogen and oxygen atoms in total. The molecule has 0 atom stereocenters. The molecule has 0 bridgehead atoms. The SMILES string of the molecule is O=C(NCCn1c(=O)[nH]c2ccccc21)NC1CCCCC1. The molecule has 1 heterocycles. The molecule has 6 heteroatoms. The summed E-state index contributed by atoms with van der Waals surface area (Å²) in [5.41, 5.74) is 1.54. The van der Waals surface area contributed by atoms with E-state index in [1.54, 1.807) is 4.57 Å². The van der Waals surface area contributed by atoms with E-state index in [-0.39, 0.29) is 11.7 Å². The van der Waals surface area contributed by atoms with Crippen LogP contribution in [-0.4, -0.2) is 28.2 Å². The summed E-state index contributed by atoms with van der Waals surface area (Å²) < 4.78 is 1.65. The number of nitrogens with one attached hydrogen (secondary N) is 3. The van der Waals surface area contributed by atoms with E-state index >= 15 is 0 Å². The van der Waals surface area contributed by atoms with Gasteiger partial charge in [0, 0.05) is 19.1 Å². The highest BCUT2D eigenvalue weighted by atomic mass is 16.2. The number of nitrogens with zero attached hydrogens (tertiary/aromatic N) is 1. The van der Waals surface area contributed by atoms with E-state index in [2.05, 4.69) is 15.6 Å². The lowest BCUT2D eigenvalue weighted by Gasteiger charge is -2.22. The van der Waals surface area contributed by atoms with Gasteiger partial charge in [-0.25, -0.2) is 9.59 Å². The van der Waals surface area contributed by atoms with Crippen molar-refractivity contribution in [3.8, 4) is 0 Å². The second-order valence-corrected chi connectivity index (χ2v) is 5.83. The molecule has 1 aromatic carbocycles. The van der Waals surface area contributed by atoms with Crippen LogP contribution in [0.5, 0.6) is 0 Å². The molecular weight excluding hydrogens is 280 g/mol. The maximum Gasteiger partial charge on any atom is 0.326 e. The molecule has 0 aliphatic heterocycles. The largest absolute Gasteiger partial charge is 0.336 e. The van der Waals surface area contributed by atoms with Crippen LogP contribution in [0.4, 0.5) is 4.79 Å². The lowest BCUT2D eigenvalue weighted by atomic mass is 9.96. The van der Waals surface area contributed by atoms with Gasteiger partial charge in [0.2, 0.25) is 0 Å². The first-order valence-corrected chi connectivity index (χ1v) is 7.96. The van der Waals surface area contributed by atoms with E-state index in [0.717, 1.165) is 23.9 Å². The van der Waals surface area contributed by atoms with Crippen molar-refractivity contribution in [1.29, 1.82) is 0 Å². The molecule has 0 saturated heterocycles. The number of hydrogen-bond donors (Lipinski definition) is 3. The molecular formula is C16H22N4O2. The minimum atomic E-state index is -0.143. The second kappa shape index (κ2) is 6.68. The third kappa shape index (κ3) is 3.32. The highest BCUT2D eigenvalue weighted by Gasteiger charge is 2.15. The molecule has 3 N–H and O–H groups in total. The number of benzene rings is 1. The number of hydrogen-bond acceptors (Lipinski definition) is 2. The summed E-state index contributed by atoms with van der Waals surface area (Å²) in [5, 5.41) is 5.84. The molecule has 2 aromatic rings. The Hall–Kier alpha value is -2.24. The monoisotopic (exact) mass is 302 g/mol. The first-order valence-electron chi connectivity index (χ1n) is 7.96. The van der Waals surface area contributed by atoms with Crippen LogP contribution < -0.4 is 16.3 Å². The first-order chi connectivity index (χ1) is 10.7. The summed E-state index contributed by atoms with van der Waals surface area (Å²) >= 11 is 0. The Morgan fingerprint density at radius 3 is 2.82 bits per heavy atom. The molecule has 1 aromatic heterocycles. The summed E-state index contributed by atoms with van der Waals surface area (Å²) in [7, 11) is 0. The van der Waals surface area contributed by atoms with Gasteiger partial charge in [0.1, 0.15) is 0 Å². The van der Waals surface area contributed by atoms with Gasteiger partial charge in [-0.2, -0.15) is 0 Å². The van der Waals surface area contributed by atoms with E-state index in [1.165, 1.54) is 19.3 Å². The van der Waals surface area contributed by atoms with Crippen LogP contribution in [0.3, 0.4) is 0 Å². The maximum atomic E-state index is 11.9. The normalized spacial score (nSPS) is 15.8. The van der Waals surface area contributed by atoms with E-state index in [9.17, 15) is 9.59 Å². The molecule has 118 valence electrons. The summed E-state index contributed by atoms with van der Waals surface area (Å²) in [6.45, 7) is 0.890. The fraction of sp³-hybridized carbons (Fsp3) is 0.500. The Morgan fingerprint density at radius 2 is 2.00 bits per heavy atom. The number of para-hydroxylation sites is 2. The van der Waals surface area contributed by atoms with Crippen molar-refractivity contribution >= 4 is 17.1 Å². The lowest BCUT2D eigenvalue weighted by molar-refractivity contribution is 0.232. The topological polar surface area (TPSA) is 78.9 Å². The Balaban J connectivity index is 1.52. The summed E-state index contributed by atoms with van der Waals surface area (Å²) in [4.78, 5) is 26.6. The molecule has 0 unspecified atom stereocenters. The average Bonchev–Trinajstić information content (AvgIpc) is 2.84. The Labute approximate surface area is 128 Å². The lowest BCUT2D eigenvalue weighted by Crippen LogP contribution is -2.44. The zero-order chi connectivity index (χ0) is 15.4. The molecule has 1 saturated carbocycles. The van der Waals surface area contributed by atoms with Crippen molar-refractivity contribution in [1.82, 2.24) is 20.2 Å². The van der Waals surface area contributed by atoms with Crippen LogP contribution in [0.15, 0.2) is 29.1 Å². The van der Waals surface area contributed by atoms with Gasteiger partial charge in [0.25, 0.3) is 0 Å². The van der Waals surface area contributed by atoms with Gasteiger partial charge >= 0.3 is 11.7 Å². The average molecular weight is 302 g/mol. The number of amides is 2. The number of aromatic amines is 1. The molecule has 2 amide bonds. The van der Waals surface area contributed by atoms with E-state index < -0.39 is 0 Å². The maximum absolute atomic E-state index is 11.9. The Bertz CT molecular complexity index is 697. The van der Waals surface area contributed by atoms with Crippen LogP contribution in [0, 0.1) is 0 Å². The number of imidazole rings is 1. The Kier molecular flexibility index (Phi) is 4.46. The molecule has 1 aliphatic rings. The molecule has 0 spiro atoms. The quantitative estimate of drug-likeness (QED) is 0.807. The van der Waals surface area contributed by atoms with Crippen molar-refractivity contribution in [3.63, 3.8) is 0 Å². The second-order valence-electron chi connectivity index (χ2n) is 5.83. The standard InChI is InChI=1S/C16H22N4O2/c21-15(18-12-6-2-1-3-7-12)17-10-11-20-14-9-5-4-8-13(14)19-16(20)22/h4-5,8-9,12H,1-3,6-7,10-11H2,(H,19,22)(H2,17,18,21). The summed E-state index contributed by atoms with van der Waals surface area (Å²) in [5.74, 6) is 0. The number of carbonyl (C=O) groups excluding carboxylic acids is 1. The number of urea groups is 1. The first kappa shape index (κ1) is 14.7. The highest BCUT2D eigenvalue weighted by Crippen LogP contribution is 2.17. The fourth-order valence-electron chi connectivity index (χ4n) is 3.09. The van der Waals surface area contributed by atoms with E-state index in [0.29, 0.717) is 19.1 Å². The van der Waals surface area contributed by atoms with Gasteiger partial charge in [0.15, 0.2) is 0 Å². The van der Waals surface area contributed by atoms with Crippen LogP contribution >= 0.6 is 0 Å². The fourth-order valence-corrected chi connectivity index (χ4v) is 3.09. The van der Waals surface area contributed by atoms with Crippen molar-refractivity contribution in [2.75, 3.05) is 6.54 Å². The molecule has 1 aliphatic carbocycles. The summed E-state index contributed by atoms with van der Waals surface area (Å²) in [6.07, 6.45) is 5.78. The summed E-state index contributed by atoms with van der Waals surface area (Å²) in [6, 6.07) is 7.71. The van der Waals surface area contributed by atoms with Crippen LogP contribution in [0.1, 0.15) is 32.1 Å². The highest BCUT2D eigenvalue weighted by molar-refractivity contribution is 5.75. The van der Waals surface area contributed by atoms with Crippen LogP contribution in [-0.2, 0) is 6.54 Å². The number of carbonyl (C=O) groups is 1. The van der Waals surface area contributed by atoms with Gasteiger partial charge in [-0.1, -0.05) is 31.4 Å².